The molecule has 0 aliphatic rings. The average Bonchev–Trinajstić information content (AvgIpc) is 2.65. The van der Waals surface area contributed by atoms with Gasteiger partial charge >= 0.3 is 0 Å². The van der Waals surface area contributed by atoms with Crippen LogP contribution in [0, 0.1) is 0 Å². The van der Waals surface area contributed by atoms with E-state index in [4.69, 9.17) is 11.6 Å². The van der Waals surface area contributed by atoms with Gasteiger partial charge in [-0.15, -0.1) is 24.0 Å². The minimum absolute atomic E-state index is 0. The molecule has 2 rings (SSSR count). The van der Waals surface area contributed by atoms with Gasteiger partial charge in [-0.25, -0.2) is 18.1 Å². The summed E-state index contributed by atoms with van der Waals surface area (Å²) >= 11 is 6.19. The monoisotopic (exact) mass is 536 g/mol. The number of halogens is 2. The van der Waals surface area contributed by atoms with Gasteiger partial charge in [0.15, 0.2) is 5.96 Å². The predicted molar refractivity (Wildman–Crippen MR) is 127 cm³/mol. The summed E-state index contributed by atoms with van der Waals surface area (Å²) in [5, 5.41) is 7.16. The second-order valence-electron chi connectivity index (χ2n) is 5.92. The smallest absolute Gasteiger partial charge is 0.215 e. The molecule has 2 aromatic rings. The van der Waals surface area contributed by atoms with E-state index in [-0.39, 0.29) is 29.7 Å². The lowest BCUT2D eigenvalue weighted by atomic mass is 10.1. The van der Waals surface area contributed by atoms with Gasteiger partial charge in [0, 0.05) is 18.1 Å². The van der Waals surface area contributed by atoms with Crippen LogP contribution in [0.15, 0.2) is 53.5 Å². The number of aliphatic imine (C=N–C) groups is 1. The van der Waals surface area contributed by atoms with Crippen LogP contribution < -0.4 is 15.4 Å². The van der Waals surface area contributed by atoms with Crippen LogP contribution in [0.25, 0.3) is 0 Å². The van der Waals surface area contributed by atoms with E-state index >= 15 is 0 Å². The zero-order valence-corrected chi connectivity index (χ0v) is 19.8. The Morgan fingerprint density at radius 3 is 2.46 bits per heavy atom. The van der Waals surface area contributed by atoms with Gasteiger partial charge in [0.2, 0.25) is 10.0 Å². The molecule has 0 unspecified atom stereocenters. The summed E-state index contributed by atoms with van der Waals surface area (Å²) < 4.78 is 25.7. The fourth-order valence-electron chi connectivity index (χ4n) is 2.44. The van der Waals surface area contributed by atoms with Crippen LogP contribution >= 0.6 is 35.6 Å². The summed E-state index contributed by atoms with van der Waals surface area (Å²) in [6.45, 7) is 3.72. The zero-order chi connectivity index (χ0) is 19.7. The number of hydrogen-bond donors (Lipinski definition) is 3. The molecule has 154 valence electrons. The minimum Gasteiger partial charge on any atom is -0.357 e. The first-order valence-electron chi connectivity index (χ1n) is 8.68. The third-order valence-corrected chi connectivity index (χ3v) is 5.53. The summed E-state index contributed by atoms with van der Waals surface area (Å²) in [4.78, 5) is 4.57. The highest BCUT2D eigenvalue weighted by Crippen LogP contribution is 2.14. The van der Waals surface area contributed by atoms with Crippen LogP contribution in [-0.4, -0.2) is 28.0 Å². The van der Waals surface area contributed by atoms with Crippen molar-refractivity contribution in [1.29, 1.82) is 0 Å². The van der Waals surface area contributed by atoms with Crippen molar-refractivity contribution in [2.75, 3.05) is 13.6 Å². The highest BCUT2D eigenvalue weighted by Gasteiger charge is 2.09. The van der Waals surface area contributed by atoms with Gasteiger partial charge in [0.25, 0.3) is 0 Å². The van der Waals surface area contributed by atoms with Crippen molar-refractivity contribution in [1.82, 2.24) is 15.4 Å². The molecule has 0 amide bonds. The number of hydrogen-bond acceptors (Lipinski definition) is 3. The van der Waals surface area contributed by atoms with Gasteiger partial charge in [-0.2, -0.15) is 0 Å². The standard InChI is InChI=1S/C19H25ClN4O2S.HI/c1-3-22-19(24-13-17-9-4-5-10-18(17)20)23-12-15-7-6-8-16(11-15)14-27(25,26)21-2;/h4-11,21H,3,12-14H2,1-2H3,(H2,22,23,24);1H. The van der Waals surface area contributed by atoms with Crippen molar-refractivity contribution in [3.05, 3.63) is 70.2 Å². The lowest BCUT2D eigenvalue weighted by molar-refractivity contribution is 0.587. The largest absolute Gasteiger partial charge is 0.357 e. The molecule has 0 fully saturated rings. The molecule has 0 aliphatic carbocycles. The summed E-state index contributed by atoms with van der Waals surface area (Å²) in [6.07, 6.45) is 0. The van der Waals surface area contributed by atoms with Crippen molar-refractivity contribution >= 4 is 51.6 Å². The second kappa shape index (κ2) is 12.3. The summed E-state index contributed by atoms with van der Waals surface area (Å²) in [7, 11) is -1.88. The van der Waals surface area contributed by atoms with Crippen LogP contribution in [0.5, 0.6) is 0 Å². The SMILES string of the molecule is CCNC(=NCc1cccc(CS(=O)(=O)NC)c1)NCc1ccccc1Cl.I. The molecule has 0 saturated carbocycles. The topological polar surface area (TPSA) is 82.6 Å². The van der Waals surface area contributed by atoms with Crippen molar-refractivity contribution in [2.45, 2.75) is 25.8 Å². The second-order valence-corrected chi connectivity index (χ2v) is 8.26. The summed E-state index contributed by atoms with van der Waals surface area (Å²) in [5.74, 6) is 0.622. The number of benzene rings is 2. The number of sulfonamides is 1. The number of rotatable bonds is 8. The first-order chi connectivity index (χ1) is 12.9. The van der Waals surface area contributed by atoms with E-state index in [0.29, 0.717) is 24.1 Å². The molecule has 0 saturated heterocycles. The van der Waals surface area contributed by atoms with Gasteiger partial charge in [0.1, 0.15) is 0 Å². The predicted octanol–water partition coefficient (Wildman–Crippen LogP) is 3.26. The summed E-state index contributed by atoms with van der Waals surface area (Å²) in [6, 6.07) is 15.1. The molecule has 2 aromatic carbocycles. The molecule has 3 N–H and O–H groups in total. The van der Waals surface area contributed by atoms with Crippen LogP contribution in [0.3, 0.4) is 0 Å². The first kappa shape index (κ1) is 24.7. The van der Waals surface area contributed by atoms with Gasteiger partial charge in [-0.3, -0.25) is 0 Å². The Morgan fingerprint density at radius 2 is 1.79 bits per heavy atom. The fraction of sp³-hybridized carbons (Fsp3) is 0.316. The molecule has 0 aromatic heterocycles. The molecule has 0 spiro atoms. The maximum absolute atomic E-state index is 11.7. The van der Waals surface area contributed by atoms with Gasteiger partial charge in [-0.1, -0.05) is 54.1 Å². The fourth-order valence-corrected chi connectivity index (χ4v) is 3.41. The molecule has 0 atom stereocenters. The number of nitrogens with one attached hydrogen (secondary N) is 3. The Balaban J connectivity index is 0.00000392. The average molecular weight is 537 g/mol. The molecular formula is C19H26ClIN4O2S. The molecule has 28 heavy (non-hydrogen) atoms. The minimum atomic E-state index is -3.30. The maximum atomic E-state index is 11.7. The lowest BCUT2D eigenvalue weighted by Crippen LogP contribution is -2.36. The Bertz CT molecular complexity index is 891. The molecule has 0 heterocycles. The van der Waals surface area contributed by atoms with E-state index in [1.165, 1.54) is 7.05 Å². The lowest BCUT2D eigenvalue weighted by Gasteiger charge is -2.12. The van der Waals surface area contributed by atoms with Crippen LogP contribution in [0.2, 0.25) is 5.02 Å². The van der Waals surface area contributed by atoms with Gasteiger partial charge in [0.05, 0.1) is 12.3 Å². The highest BCUT2D eigenvalue weighted by atomic mass is 127. The Hall–Kier alpha value is -1.36. The summed E-state index contributed by atoms with van der Waals surface area (Å²) in [5.41, 5.74) is 2.66. The Labute approximate surface area is 189 Å². The molecule has 0 bridgehead atoms. The van der Waals surface area contributed by atoms with E-state index in [2.05, 4.69) is 20.3 Å². The Kier molecular flexibility index (Phi) is 10.8. The zero-order valence-electron chi connectivity index (χ0n) is 15.9. The van der Waals surface area contributed by atoms with Crippen molar-refractivity contribution in [3.8, 4) is 0 Å². The quantitative estimate of drug-likeness (QED) is 0.275. The van der Waals surface area contributed by atoms with Crippen LogP contribution in [-0.2, 0) is 28.9 Å². The van der Waals surface area contributed by atoms with Crippen molar-refractivity contribution in [2.24, 2.45) is 4.99 Å². The van der Waals surface area contributed by atoms with E-state index < -0.39 is 10.0 Å². The van der Waals surface area contributed by atoms with E-state index in [1.54, 1.807) is 6.07 Å². The number of guanidine groups is 1. The molecular weight excluding hydrogens is 511 g/mol. The first-order valence-corrected chi connectivity index (χ1v) is 10.7. The highest BCUT2D eigenvalue weighted by molar-refractivity contribution is 14.0. The molecule has 0 radical (unpaired) electrons. The van der Waals surface area contributed by atoms with Gasteiger partial charge < -0.3 is 10.6 Å². The third-order valence-electron chi connectivity index (χ3n) is 3.83. The normalized spacial score (nSPS) is 11.6. The van der Waals surface area contributed by atoms with E-state index in [1.807, 2.05) is 49.4 Å². The van der Waals surface area contributed by atoms with Crippen molar-refractivity contribution < 1.29 is 8.42 Å². The molecule has 6 nitrogen and oxygen atoms in total. The van der Waals surface area contributed by atoms with Crippen LogP contribution in [0.1, 0.15) is 23.6 Å². The van der Waals surface area contributed by atoms with E-state index in [9.17, 15) is 8.42 Å². The van der Waals surface area contributed by atoms with Gasteiger partial charge in [-0.05, 0) is 36.7 Å². The molecule has 9 heteroatoms. The maximum Gasteiger partial charge on any atom is 0.215 e. The van der Waals surface area contributed by atoms with Crippen LogP contribution in [0.4, 0.5) is 0 Å². The van der Waals surface area contributed by atoms with Crippen molar-refractivity contribution in [3.63, 3.8) is 0 Å². The Morgan fingerprint density at radius 1 is 1.07 bits per heavy atom. The third kappa shape index (κ3) is 8.34. The van der Waals surface area contributed by atoms with E-state index in [0.717, 1.165) is 23.2 Å². The molecule has 0 aliphatic heterocycles. The number of nitrogens with zero attached hydrogens (tertiary/aromatic N) is 1.